The predicted octanol–water partition coefficient (Wildman–Crippen LogP) is 14.1. The summed E-state index contributed by atoms with van der Waals surface area (Å²) in [6, 6.07) is 69.6. The van der Waals surface area contributed by atoms with Crippen LogP contribution in [0.15, 0.2) is 205 Å². The second-order valence-electron chi connectivity index (χ2n) is 14.4. The van der Waals surface area contributed by atoms with Crippen molar-refractivity contribution in [1.82, 2.24) is 15.0 Å². The predicted molar refractivity (Wildman–Crippen MR) is 235 cm³/mol. The van der Waals surface area contributed by atoms with Crippen molar-refractivity contribution in [2.24, 2.45) is 0 Å². The van der Waals surface area contributed by atoms with E-state index in [1.165, 1.54) is 10.8 Å². The molecule has 266 valence electrons. The summed E-state index contributed by atoms with van der Waals surface area (Å²) in [7, 11) is 0. The molecule has 0 fully saturated rings. The van der Waals surface area contributed by atoms with Gasteiger partial charge in [-0.25, -0.2) is 15.0 Å². The molecule has 57 heavy (non-hydrogen) atoms. The number of aromatic nitrogens is 3. The molecule has 4 heteroatoms. The highest BCUT2D eigenvalue weighted by Crippen LogP contribution is 2.41. The summed E-state index contributed by atoms with van der Waals surface area (Å²) in [5.41, 5.74) is 13.3. The summed E-state index contributed by atoms with van der Waals surface area (Å²) in [6.07, 6.45) is 0. The Balaban J connectivity index is 1.20. The van der Waals surface area contributed by atoms with Gasteiger partial charge in [-0.15, -0.1) is 0 Å². The second kappa shape index (κ2) is 13.6. The van der Waals surface area contributed by atoms with Gasteiger partial charge in [-0.05, 0) is 69.9 Å². The van der Waals surface area contributed by atoms with Crippen molar-refractivity contribution in [3.63, 3.8) is 0 Å². The van der Waals surface area contributed by atoms with Gasteiger partial charge in [0.05, 0.1) is 22.6 Å². The van der Waals surface area contributed by atoms with Crippen LogP contribution in [0.3, 0.4) is 0 Å². The molecule has 0 saturated carbocycles. The van der Waals surface area contributed by atoms with E-state index >= 15 is 0 Å². The van der Waals surface area contributed by atoms with E-state index in [2.05, 4.69) is 152 Å². The smallest absolute Gasteiger partial charge is 0.160 e. The van der Waals surface area contributed by atoms with Crippen LogP contribution in [0.25, 0.3) is 111 Å². The number of hydrogen-bond acceptors (Lipinski definition) is 4. The molecule has 0 aliphatic rings. The van der Waals surface area contributed by atoms with E-state index < -0.39 is 0 Å². The summed E-state index contributed by atoms with van der Waals surface area (Å²) in [4.78, 5) is 15.9. The monoisotopic (exact) mass is 727 g/mol. The molecule has 8 aromatic carbocycles. The Morgan fingerprint density at radius 2 is 0.912 bits per heavy atom. The molecule has 0 aliphatic heterocycles. The van der Waals surface area contributed by atoms with E-state index in [-0.39, 0.29) is 0 Å². The lowest BCUT2D eigenvalue weighted by molar-refractivity contribution is 0.670. The van der Waals surface area contributed by atoms with Crippen molar-refractivity contribution in [3.8, 4) is 67.4 Å². The van der Waals surface area contributed by atoms with Crippen LogP contribution >= 0.6 is 0 Å². The third kappa shape index (κ3) is 5.83. The van der Waals surface area contributed by atoms with Crippen LogP contribution in [0.1, 0.15) is 0 Å². The summed E-state index contributed by atoms with van der Waals surface area (Å²) < 4.78 is 6.61. The summed E-state index contributed by atoms with van der Waals surface area (Å²) in [6.45, 7) is 0. The highest BCUT2D eigenvalue weighted by Gasteiger charge is 2.19. The molecule has 0 amide bonds. The van der Waals surface area contributed by atoms with Crippen molar-refractivity contribution in [1.29, 1.82) is 0 Å². The zero-order valence-electron chi connectivity index (χ0n) is 30.8. The molecule has 0 spiro atoms. The van der Waals surface area contributed by atoms with Gasteiger partial charge in [0.1, 0.15) is 11.2 Å². The highest BCUT2D eigenvalue weighted by molar-refractivity contribution is 6.14. The normalized spacial score (nSPS) is 11.5. The first-order valence-electron chi connectivity index (χ1n) is 19.2. The lowest BCUT2D eigenvalue weighted by atomic mass is 9.92. The minimum Gasteiger partial charge on any atom is -0.455 e. The third-order valence-electron chi connectivity index (χ3n) is 10.9. The molecule has 3 heterocycles. The van der Waals surface area contributed by atoms with Gasteiger partial charge in [0.15, 0.2) is 5.82 Å². The van der Waals surface area contributed by atoms with Gasteiger partial charge < -0.3 is 4.42 Å². The average molecular weight is 728 g/mol. The van der Waals surface area contributed by atoms with E-state index in [4.69, 9.17) is 19.4 Å². The molecule has 4 nitrogen and oxygen atoms in total. The maximum absolute atomic E-state index is 6.61. The van der Waals surface area contributed by atoms with Gasteiger partial charge in [0, 0.05) is 44.0 Å². The van der Waals surface area contributed by atoms with Crippen molar-refractivity contribution >= 4 is 43.6 Å². The van der Waals surface area contributed by atoms with Crippen LogP contribution in [0.4, 0.5) is 0 Å². The zero-order chi connectivity index (χ0) is 37.7. The van der Waals surface area contributed by atoms with Crippen LogP contribution in [-0.2, 0) is 0 Å². The van der Waals surface area contributed by atoms with Gasteiger partial charge in [-0.1, -0.05) is 158 Å². The van der Waals surface area contributed by atoms with Crippen molar-refractivity contribution in [2.45, 2.75) is 0 Å². The third-order valence-corrected chi connectivity index (χ3v) is 10.9. The molecule has 0 radical (unpaired) electrons. The Morgan fingerprint density at radius 3 is 1.65 bits per heavy atom. The van der Waals surface area contributed by atoms with E-state index in [1.54, 1.807) is 0 Å². The summed E-state index contributed by atoms with van der Waals surface area (Å²) >= 11 is 0. The summed E-state index contributed by atoms with van der Waals surface area (Å²) in [5, 5.41) is 5.67. The van der Waals surface area contributed by atoms with Crippen LogP contribution < -0.4 is 0 Å². The first-order valence-corrected chi connectivity index (χ1v) is 19.2. The minimum atomic E-state index is 0.630. The molecule has 0 bridgehead atoms. The zero-order valence-corrected chi connectivity index (χ0v) is 30.8. The van der Waals surface area contributed by atoms with Gasteiger partial charge >= 0.3 is 0 Å². The number of pyridine rings is 1. The Kier molecular flexibility index (Phi) is 7.78. The molecule has 0 unspecified atom stereocenters. The number of benzene rings is 8. The van der Waals surface area contributed by atoms with Crippen LogP contribution in [0.5, 0.6) is 0 Å². The van der Waals surface area contributed by atoms with Gasteiger partial charge in [-0.3, -0.25) is 0 Å². The lowest BCUT2D eigenvalue weighted by Gasteiger charge is -2.15. The van der Waals surface area contributed by atoms with Crippen LogP contribution in [-0.4, -0.2) is 15.0 Å². The molecule has 0 atom stereocenters. The fourth-order valence-electron chi connectivity index (χ4n) is 8.12. The fourth-order valence-corrected chi connectivity index (χ4v) is 8.12. The van der Waals surface area contributed by atoms with Gasteiger partial charge in [0.2, 0.25) is 0 Å². The SMILES string of the molecule is c1ccc(-c2cc(-c3ccccc3)nc(-c3cc(-c4cc(-c5ccccc5)c5c(ccc6ccccc65)n4)cc(-c4cccc5c4oc4ccccc45)c3)n2)cc1. The van der Waals surface area contributed by atoms with E-state index in [1.807, 2.05) is 48.5 Å². The number of nitrogens with zero attached hydrogens (tertiary/aromatic N) is 3. The molecule has 0 saturated heterocycles. The van der Waals surface area contributed by atoms with Gasteiger partial charge in [0.25, 0.3) is 0 Å². The largest absolute Gasteiger partial charge is 0.455 e. The highest BCUT2D eigenvalue weighted by atomic mass is 16.3. The van der Waals surface area contributed by atoms with Crippen LogP contribution in [0, 0.1) is 0 Å². The molecule has 3 aromatic heterocycles. The number of furan rings is 1. The molecule has 11 rings (SSSR count). The van der Waals surface area contributed by atoms with E-state index in [9.17, 15) is 0 Å². The Labute approximate surface area is 329 Å². The topological polar surface area (TPSA) is 51.8 Å². The molecule has 0 aliphatic carbocycles. The molecular formula is C53H33N3O. The fraction of sp³-hybridized carbons (Fsp3) is 0. The number of hydrogen-bond donors (Lipinski definition) is 0. The Bertz CT molecular complexity index is 3220. The Hall–Kier alpha value is -7.69. The standard InChI is InChI=1S/C53H33N3O/c1-4-15-34(16-5-1)45-32-47(54-46-28-27-35-17-10-11-22-41(35)51(45)46)39-29-38(42-24-14-25-44-43-23-12-13-26-50(43)57-52(42)44)30-40(31-39)53-55-48(36-18-6-2-7-19-36)33-49(56-53)37-20-8-3-9-21-37/h1-33H. The number of para-hydroxylation sites is 2. The number of fused-ring (bicyclic) bond motifs is 6. The second-order valence-corrected chi connectivity index (χ2v) is 14.4. The quantitative estimate of drug-likeness (QED) is 0.160. The first kappa shape index (κ1) is 32.7. The van der Waals surface area contributed by atoms with E-state index in [0.29, 0.717) is 5.82 Å². The van der Waals surface area contributed by atoms with Crippen molar-refractivity contribution in [2.75, 3.05) is 0 Å². The molecule has 11 aromatic rings. The minimum absolute atomic E-state index is 0.630. The van der Waals surface area contributed by atoms with Crippen molar-refractivity contribution < 1.29 is 4.42 Å². The molecular weight excluding hydrogens is 695 g/mol. The maximum Gasteiger partial charge on any atom is 0.160 e. The maximum atomic E-state index is 6.61. The molecule has 0 N–H and O–H groups in total. The van der Waals surface area contributed by atoms with E-state index in [0.717, 1.165) is 94.4 Å². The average Bonchev–Trinajstić information content (AvgIpc) is 3.68. The first-order chi connectivity index (χ1) is 28.2. The van der Waals surface area contributed by atoms with Crippen LogP contribution in [0.2, 0.25) is 0 Å². The lowest BCUT2D eigenvalue weighted by Crippen LogP contribution is -1.97. The number of rotatable bonds is 6. The summed E-state index contributed by atoms with van der Waals surface area (Å²) in [5.74, 6) is 0.630. The Morgan fingerprint density at radius 1 is 0.333 bits per heavy atom. The van der Waals surface area contributed by atoms with Gasteiger partial charge in [-0.2, -0.15) is 0 Å². The van der Waals surface area contributed by atoms with Crippen molar-refractivity contribution in [3.05, 3.63) is 200 Å².